The molecule has 2 aromatic rings. The zero-order chi connectivity index (χ0) is 20.5. The summed E-state index contributed by atoms with van der Waals surface area (Å²) in [5.74, 6) is 0.230. The van der Waals surface area contributed by atoms with Crippen molar-refractivity contribution in [1.82, 2.24) is 16.2 Å². The van der Waals surface area contributed by atoms with Crippen LogP contribution < -0.4 is 25.6 Å². The van der Waals surface area contributed by atoms with Gasteiger partial charge >= 0.3 is 0 Å². The van der Waals surface area contributed by atoms with E-state index in [0.29, 0.717) is 16.5 Å². The molecule has 0 radical (unpaired) electrons. The minimum atomic E-state index is -0.475. The van der Waals surface area contributed by atoms with Gasteiger partial charge in [-0.25, -0.2) is 0 Å². The number of benzene rings is 2. The van der Waals surface area contributed by atoms with Crippen LogP contribution in [0.5, 0.6) is 11.5 Å². The number of ether oxygens (including phenoxy) is 2. The fourth-order valence-electron chi connectivity index (χ4n) is 2.14. The van der Waals surface area contributed by atoms with Gasteiger partial charge < -0.3 is 9.47 Å². The van der Waals surface area contributed by atoms with Crippen molar-refractivity contribution < 1.29 is 19.1 Å². The molecule has 0 saturated carbocycles. The van der Waals surface area contributed by atoms with Crippen molar-refractivity contribution in [2.45, 2.75) is 13.8 Å². The van der Waals surface area contributed by atoms with Gasteiger partial charge in [-0.15, -0.1) is 0 Å². The van der Waals surface area contributed by atoms with E-state index in [9.17, 15) is 9.59 Å². The number of para-hydroxylation sites is 1. The Morgan fingerprint density at radius 2 is 1.57 bits per heavy atom. The van der Waals surface area contributed by atoms with Gasteiger partial charge in [0.05, 0.1) is 0 Å². The van der Waals surface area contributed by atoms with Crippen LogP contribution in [0.4, 0.5) is 0 Å². The third-order valence-electron chi connectivity index (χ3n) is 3.52. The Kier molecular flexibility index (Phi) is 8.03. The number of rotatable bonds is 6. The average Bonchev–Trinajstić information content (AvgIpc) is 2.65. The van der Waals surface area contributed by atoms with Crippen molar-refractivity contribution >= 4 is 40.7 Å². The summed E-state index contributed by atoms with van der Waals surface area (Å²) in [6.07, 6.45) is 0. The Labute approximate surface area is 173 Å². The van der Waals surface area contributed by atoms with Crippen molar-refractivity contribution in [1.29, 1.82) is 0 Å². The second kappa shape index (κ2) is 10.5. The molecule has 2 rings (SSSR count). The first kappa shape index (κ1) is 21.5. The number of hydrogen-bond acceptors (Lipinski definition) is 5. The van der Waals surface area contributed by atoms with E-state index in [1.54, 1.807) is 24.3 Å². The lowest BCUT2D eigenvalue weighted by atomic mass is 10.2. The van der Waals surface area contributed by atoms with Crippen LogP contribution in [-0.2, 0) is 9.59 Å². The third-order valence-corrected chi connectivity index (χ3v) is 3.96. The minimum Gasteiger partial charge on any atom is -0.483 e. The van der Waals surface area contributed by atoms with E-state index in [0.717, 1.165) is 11.1 Å². The van der Waals surface area contributed by atoms with E-state index in [2.05, 4.69) is 16.2 Å². The van der Waals surface area contributed by atoms with Gasteiger partial charge in [0.1, 0.15) is 11.5 Å². The molecule has 2 amide bonds. The first-order valence-electron chi connectivity index (χ1n) is 8.31. The van der Waals surface area contributed by atoms with Crippen LogP contribution in [0.3, 0.4) is 0 Å². The van der Waals surface area contributed by atoms with Gasteiger partial charge in [0.15, 0.2) is 18.3 Å². The van der Waals surface area contributed by atoms with Crippen molar-refractivity contribution in [2.75, 3.05) is 13.2 Å². The Morgan fingerprint density at radius 1 is 0.929 bits per heavy atom. The highest BCUT2D eigenvalue weighted by Gasteiger charge is 2.09. The van der Waals surface area contributed by atoms with E-state index in [4.69, 9.17) is 33.3 Å². The van der Waals surface area contributed by atoms with Crippen molar-refractivity contribution in [3.63, 3.8) is 0 Å². The molecule has 0 aromatic heterocycles. The number of aryl methyl sites for hydroxylation is 2. The lowest BCUT2D eigenvalue weighted by Crippen LogP contribution is -2.50. The zero-order valence-corrected chi connectivity index (χ0v) is 16.9. The molecule has 28 heavy (non-hydrogen) atoms. The van der Waals surface area contributed by atoms with Gasteiger partial charge in [0, 0.05) is 5.02 Å². The van der Waals surface area contributed by atoms with Crippen LogP contribution in [0.25, 0.3) is 0 Å². The fraction of sp³-hybridized carbons (Fsp3) is 0.211. The molecule has 0 aliphatic carbocycles. The number of carbonyl (C=O) groups excluding carboxylic acids is 2. The molecule has 0 bridgehead atoms. The Bertz CT molecular complexity index is 876. The monoisotopic (exact) mass is 421 g/mol. The van der Waals surface area contributed by atoms with Gasteiger partial charge in [0.25, 0.3) is 11.8 Å². The normalized spacial score (nSPS) is 9.96. The predicted octanol–water partition coefficient (Wildman–Crippen LogP) is 2.44. The molecule has 0 aliphatic rings. The molecule has 0 fully saturated rings. The zero-order valence-electron chi connectivity index (χ0n) is 15.4. The highest BCUT2D eigenvalue weighted by molar-refractivity contribution is 7.80. The second-order valence-electron chi connectivity index (χ2n) is 5.80. The number of carbonyl (C=O) groups is 2. The summed E-state index contributed by atoms with van der Waals surface area (Å²) in [5.41, 5.74) is 6.50. The summed E-state index contributed by atoms with van der Waals surface area (Å²) in [5, 5.41) is 2.91. The van der Waals surface area contributed by atoms with Crippen molar-refractivity contribution in [3.05, 3.63) is 58.6 Å². The lowest BCUT2D eigenvalue weighted by molar-refractivity contribution is -0.124. The number of hydrazine groups is 1. The van der Waals surface area contributed by atoms with E-state index < -0.39 is 11.8 Å². The van der Waals surface area contributed by atoms with Gasteiger partial charge in [-0.2, -0.15) is 0 Å². The molecule has 0 unspecified atom stereocenters. The van der Waals surface area contributed by atoms with Crippen LogP contribution >= 0.6 is 23.8 Å². The number of hydrogen-bond donors (Lipinski definition) is 3. The largest absolute Gasteiger partial charge is 0.483 e. The molecule has 0 saturated heterocycles. The summed E-state index contributed by atoms with van der Waals surface area (Å²) in [7, 11) is 0. The quantitative estimate of drug-likeness (QED) is 0.490. The molecule has 0 spiro atoms. The van der Waals surface area contributed by atoms with Gasteiger partial charge in [-0.3, -0.25) is 25.8 Å². The third kappa shape index (κ3) is 7.05. The molecular formula is C19H20ClN3O4S. The molecule has 7 nitrogen and oxygen atoms in total. The molecule has 0 atom stereocenters. The summed E-state index contributed by atoms with van der Waals surface area (Å²) < 4.78 is 10.8. The standard InChI is InChI=1S/C19H20ClN3O4S/c1-12-5-3-4-6-15(12)27-11-18(25)22-23-19(28)21-17(24)10-26-16-8-7-14(20)9-13(16)2/h3-9H,10-11H2,1-2H3,(H,22,25)(H2,21,23,24,28). The van der Waals surface area contributed by atoms with Crippen LogP contribution in [-0.4, -0.2) is 30.1 Å². The molecule has 3 N–H and O–H groups in total. The molecule has 148 valence electrons. The lowest BCUT2D eigenvalue weighted by Gasteiger charge is -2.13. The molecule has 0 aliphatic heterocycles. The van der Waals surface area contributed by atoms with Gasteiger partial charge in [-0.05, 0) is 61.5 Å². The number of thiocarbonyl (C=S) groups is 1. The Morgan fingerprint density at radius 3 is 2.25 bits per heavy atom. The predicted molar refractivity (Wildman–Crippen MR) is 110 cm³/mol. The topological polar surface area (TPSA) is 88.7 Å². The molecule has 9 heteroatoms. The summed E-state index contributed by atoms with van der Waals surface area (Å²) in [4.78, 5) is 23.7. The van der Waals surface area contributed by atoms with E-state index in [1.165, 1.54) is 0 Å². The second-order valence-corrected chi connectivity index (χ2v) is 6.65. The maximum absolute atomic E-state index is 11.9. The maximum Gasteiger partial charge on any atom is 0.276 e. The average molecular weight is 422 g/mol. The highest BCUT2D eigenvalue weighted by Crippen LogP contribution is 2.21. The number of amides is 2. The smallest absolute Gasteiger partial charge is 0.276 e. The maximum atomic E-state index is 11.9. The fourth-order valence-corrected chi connectivity index (χ4v) is 2.53. The molecule has 2 aromatic carbocycles. The van der Waals surface area contributed by atoms with Crippen LogP contribution in [0.2, 0.25) is 5.02 Å². The van der Waals surface area contributed by atoms with Gasteiger partial charge in [-0.1, -0.05) is 29.8 Å². The number of nitrogens with one attached hydrogen (secondary N) is 3. The van der Waals surface area contributed by atoms with E-state index in [-0.39, 0.29) is 18.3 Å². The first-order valence-corrected chi connectivity index (χ1v) is 9.10. The first-order chi connectivity index (χ1) is 13.3. The summed E-state index contributed by atoms with van der Waals surface area (Å²) in [6, 6.07) is 12.4. The van der Waals surface area contributed by atoms with Crippen LogP contribution in [0.15, 0.2) is 42.5 Å². The minimum absolute atomic E-state index is 0.0642. The highest BCUT2D eigenvalue weighted by atomic mass is 35.5. The van der Waals surface area contributed by atoms with Gasteiger partial charge in [0.2, 0.25) is 0 Å². The number of halogens is 1. The van der Waals surface area contributed by atoms with Crippen molar-refractivity contribution in [2.24, 2.45) is 0 Å². The van der Waals surface area contributed by atoms with E-state index in [1.807, 2.05) is 32.0 Å². The Balaban J connectivity index is 1.67. The molecule has 0 heterocycles. The van der Waals surface area contributed by atoms with Crippen LogP contribution in [0.1, 0.15) is 11.1 Å². The van der Waals surface area contributed by atoms with Crippen molar-refractivity contribution in [3.8, 4) is 11.5 Å². The summed E-state index contributed by atoms with van der Waals surface area (Å²) in [6.45, 7) is 3.26. The Hall–Kier alpha value is -2.84. The molecular weight excluding hydrogens is 402 g/mol. The SMILES string of the molecule is Cc1ccccc1OCC(=O)NNC(=S)NC(=O)COc1ccc(Cl)cc1C. The van der Waals surface area contributed by atoms with E-state index >= 15 is 0 Å². The van der Waals surface area contributed by atoms with Crippen LogP contribution in [0, 0.1) is 13.8 Å². The summed E-state index contributed by atoms with van der Waals surface area (Å²) >= 11 is 10.8.